The van der Waals surface area contributed by atoms with Gasteiger partial charge in [-0.05, 0) is 30.7 Å². The summed E-state index contributed by atoms with van der Waals surface area (Å²) in [6, 6.07) is 8.89. The first-order valence-electron chi connectivity index (χ1n) is 6.30. The van der Waals surface area contributed by atoms with Crippen molar-refractivity contribution in [3.63, 3.8) is 0 Å². The molecule has 6 heteroatoms. The number of benzene rings is 1. The lowest BCUT2D eigenvalue weighted by Gasteiger charge is -2.11. The number of aromatic nitrogens is 1. The summed E-state index contributed by atoms with van der Waals surface area (Å²) < 4.78 is 5.47. The van der Waals surface area contributed by atoms with Crippen LogP contribution < -0.4 is 15.8 Å². The number of hydrogen-bond donors (Lipinski definition) is 2. The van der Waals surface area contributed by atoms with E-state index >= 15 is 0 Å². The van der Waals surface area contributed by atoms with E-state index in [-0.39, 0.29) is 17.5 Å². The Hall–Kier alpha value is -2.47. The number of para-hydroxylation sites is 1. The highest BCUT2D eigenvalue weighted by atomic mass is 32.1. The molecule has 2 rings (SSSR count). The largest absolute Gasteiger partial charge is 0.483 e. The smallest absolute Gasteiger partial charge is 0.262 e. The lowest BCUT2D eigenvalue weighted by atomic mass is 10.2. The third-order valence-corrected chi connectivity index (χ3v) is 3.04. The molecule has 0 unspecified atom stereocenters. The zero-order valence-corrected chi connectivity index (χ0v) is 12.3. The molecule has 0 bridgehead atoms. The second kappa shape index (κ2) is 6.81. The van der Waals surface area contributed by atoms with Crippen molar-refractivity contribution >= 4 is 28.8 Å². The van der Waals surface area contributed by atoms with Crippen molar-refractivity contribution in [1.29, 1.82) is 0 Å². The molecule has 0 spiro atoms. The fraction of sp³-hybridized carbons (Fsp3) is 0.133. The first-order valence-corrected chi connectivity index (χ1v) is 6.71. The molecule has 1 amide bonds. The molecule has 1 aromatic carbocycles. The second-order valence-electron chi connectivity index (χ2n) is 4.39. The van der Waals surface area contributed by atoms with Crippen LogP contribution in [0.25, 0.3) is 0 Å². The summed E-state index contributed by atoms with van der Waals surface area (Å²) in [7, 11) is 0. The molecule has 1 heterocycles. The van der Waals surface area contributed by atoms with Crippen molar-refractivity contribution in [2.24, 2.45) is 5.73 Å². The monoisotopic (exact) mass is 301 g/mol. The van der Waals surface area contributed by atoms with Gasteiger partial charge in [0.15, 0.2) is 6.61 Å². The van der Waals surface area contributed by atoms with Gasteiger partial charge < -0.3 is 15.8 Å². The van der Waals surface area contributed by atoms with Crippen LogP contribution >= 0.6 is 12.2 Å². The lowest BCUT2D eigenvalue weighted by Crippen LogP contribution is -2.22. The highest BCUT2D eigenvalue weighted by Gasteiger charge is 2.09. The van der Waals surface area contributed by atoms with Crippen LogP contribution in [0.1, 0.15) is 11.1 Å². The molecule has 0 fully saturated rings. The van der Waals surface area contributed by atoms with Crippen molar-refractivity contribution < 1.29 is 9.53 Å². The van der Waals surface area contributed by atoms with E-state index in [0.29, 0.717) is 17.0 Å². The predicted molar refractivity (Wildman–Crippen MR) is 85.4 cm³/mol. The fourth-order valence-electron chi connectivity index (χ4n) is 1.72. The van der Waals surface area contributed by atoms with Gasteiger partial charge in [0.05, 0.1) is 17.4 Å². The molecule has 0 aliphatic heterocycles. The Morgan fingerprint density at radius 3 is 2.86 bits per heavy atom. The van der Waals surface area contributed by atoms with Gasteiger partial charge in [-0.2, -0.15) is 0 Å². The van der Waals surface area contributed by atoms with Crippen LogP contribution in [0.3, 0.4) is 0 Å². The van der Waals surface area contributed by atoms with Gasteiger partial charge in [-0.3, -0.25) is 9.78 Å². The molecular formula is C15H15N3O2S. The number of carbonyl (C=O) groups is 1. The molecule has 0 radical (unpaired) electrons. The lowest BCUT2D eigenvalue weighted by molar-refractivity contribution is -0.118. The van der Waals surface area contributed by atoms with E-state index in [0.717, 1.165) is 5.56 Å². The Labute approximate surface area is 128 Å². The summed E-state index contributed by atoms with van der Waals surface area (Å²) in [5, 5.41) is 2.74. The summed E-state index contributed by atoms with van der Waals surface area (Å²) in [6.45, 7) is 1.76. The van der Waals surface area contributed by atoms with E-state index < -0.39 is 0 Å². The van der Waals surface area contributed by atoms with E-state index in [1.165, 1.54) is 0 Å². The topological polar surface area (TPSA) is 77.2 Å². The number of pyridine rings is 1. The second-order valence-corrected chi connectivity index (χ2v) is 4.83. The quantitative estimate of drug-likeness (QED) is 0.826. The molecule has 5 nitrogen and oxygen atoms in total. The Kier molecular flexibility index (Phi) is 4.84. The molecule has 2 aromatic rings. The van der Waals surface area contributed by atoms with E-state index in [1.807, 2.05) is 13.0 Å². The maximum Gasteiger partial charge on any atom is 0.262 e. The normalized spacial score (nSPS) is 9.95. The summed E-state index contributed by atoms with van der Waals surface area (Å²) in [5.74, 6) is 0.215. The molecule has 0 aliphatic carbocycles. The van der Waals surface area contributed by atoms with Gasteiger partial charge in [-0.25, -0.2) is 0 Å². The number of ether oxygens (including phenoxy) is 1. The SMILES string of the molecule is Cc1ccncc1NC(=O)COc1ccccc1C(N)=S. The highest BCUT2D eigenvalue weighted by Crippen LogP contribution is 2.18. The Morgan fingerprint density at radius 2 is 2.14 bits per heavy atom. The molecule has 0 saturated heterocycles. The van der Waals surface area contributed by atoms with Crippen LogP contribution in [0, 0.1) is 6.92 Å². The van der Waals surface area contributed by atoms with Crippen molar-refractivity contribution in [3.05, 3.63) is 53.9 Å². The number of rotatable bonds is 5. The zero-order valence-electron chi connectivity index (χ0n) is 11.5. The summed E-state index contributed by atoms with van der Waals surface area (Å²) in [6.07, 6.45) is 3.26. The van der Waals surface area contributed by atoms with Gasteiger partial charge in [-0.15, -0.1) is 0 Å². The van der Waals surface area contributed by atoms with Crippen LogP contribution in [0.2, 0.25) is 0 Å². The number of nitrogens with two attached hydrogens (primary N) is 1. The molecule has 108 valence electrons. The number of carbonyl (C=O) groups excluding carboxylic acids is 1. The zero-order chi connectivity index (χ0) is 15.2. The molecule has 0 aliphatic rings. The van der Waals surface area contributed by atoms with E-state index in [1.54, 1.807) is 36.7 Å². The predicted octanol–water partition coefficient (Wildman–Crippen LogP) is 2.04. The average Bonchev–Trinajstić information content (AvgIpc) is 2.48. The van der Waals surface area contributed by atoms with Gasteiger partial charge in [0.2, 0.25) is 0 Å². The Morgan fingerprint density at radius 1 is 1.38 bits per heavy atom. The summed E-state index contributed by atoms with van der Waals surface area (Å²) in [5.41, 5.74) is 7.81. The minimum absolute atomic E-state index is 0.131. The standard InChI is InChI=1S/C15H15N3O2S/c1-10-6-7-17-8-12(10)18-14(19)9-20-13-5-3-2-4-11(13)15(16)21/h2-8H,9H2,1H3,(H2,16,21)(H,18,19). The first-order chi connectivity index (χ1) is 10.1. The maximum absolute atomic E-state index is 11.9. The minimum atomic E-state index is -0.274. The number of amides is 1. The van der Waals surface area contributed by atoms with Crippen LogP contribution in [0.5, 0.6) is 5.75 Å². The molecule has 21 heavy (non-hydrogen) atoms. The minimum Gasteiger partial charge on any atom is -0.483 e. The number of nitrogens with zero attached hydrogens (tertiary/aromatic N) is 1. The fourth-order valence-corrected chi connectivity index (χ4v) is 1.89. The van der Waals surface area contributed by atoms with Crippen molar-refractivity contribution in [2.75, 3.05) is 11.9 Å². The molecule has 0 saturated carbocycles. The summed E-state index contributed by atoms with van der Waals surface area (Å²) >= 11 is 4.94. The Bertz CT molecular complexity index is 673. The van der Waals surface area contributed by atoms with Crippen LogP contribution in [0.15, 0.2) is 42.7 Å². The average molecular weight is 301 g/mol. The number of nitrogens with one attached hydrogen (secondary N) is 1. The number of aryl methyl sites for hydroxylation is 1. The van der Waals surface area contributed by atoms with Gasteiger partial charge in [0.25, 0.3) is 5.91 Å². The van der Waals surface area contributed by atoms with Crippen molar-refractivity contribution in [1.82, 2.24) is 4.98 Å². The Balaban J connectivity index is 1.99. The van der Waals surface area contributed by atoms with Gasteiger partial charge in [-0.1, -0.05) is 24.4 Å². The number of hydrogen-bond acceptors (Lipinski definition) is 4. The van der Waals surface area contributed by atoms with Gasteiger partial charge in [0, 0.05) is 6.20 Å². The van der Waals surface area contributed by atoms with Crippen molar-refractivity contribution in [2.45, 2.75) is 6.92 Å². The molecule has 3 N–H and O–H groups in total. The van der Waals surface area contributed by atoms with Gasteiger partial charge in [0.1, 0.15) is 10.7 Å². The maximum atomic E-state index is 11.9. The molecule has 1 aromatic heterocycles. The summed E-state index contributed by atoms with van der Waals surface area (Å²) in [4.78, 5) is 16.1. The van der Waals surface area contributed by atoms with Gasteiger partial charge >= 0.3 is 0 Å². The third-order valence-electron chi connectivity index (χ3n) is 2.82. The molecular weight excluding hydrogens is 286 g/mol. The van der Waals surface area contributed by atoms with E-state index in [2.05, 4.69) is 10.3 Å². The highest BCUT2D eigenvalue weighted by molar-refractivity contribution is 7.80. The van der Waals surface area contributed by atoms with Crippen LogP contribution in [-0.4, -0.2) is 22.5 Å². The van der Waals surface area contributed by atoms with E-state index in [9.17, 15) is 4.79 Å². The van der Waals surface area contributed by atoms with Crippen molar-refractivity contribution in [3.8, 4) is 5.75 Å². The number of anilines is 1. The molecule has 0 atom stereocenters. The third kappa shape index (κ3) is 4.00. The number of thiocarbonyl (C=S) groups is 1. The van der Waals surface area contributed by atoms with Crippen LogP contribution in [-0.2, 0) is 4.79 Å². The first kappa shape index (κ1) is 14.9. The van der Waals surface area contributed by atoms with E-state index in [4.69, 9.17) is 22.7 Å². The van der Waals surface area contributed by atoms with Crippen LogP contribution in [0.4, 0.5) is 5.69 Å².